The van der Waals surface area contributed by atoms with Gasteiger partial charge in [0.2, 0.25) is 0 Å². The number of urea groups is 1. The van der Waals surface area contributed by atoms with E-state index < -0.39 is 0 Å². The van der Waals surface area contributed by atoms with Crippen molar-refractivity contribution in [1.82, 2.24) is 10.2 Å². The molecule has 0 radical (unpaired) electrons. The molecule has 1 saturated heterocycles. The third-order valence-electron chi connectivity index (χ3n) is 3.86. The van der Waals surface area contributed by atoms with Crippen molar-refractivity contribution < 1.29 is 4.79 Å². The summed E-state index contributed by atoms with van der Waals surface area (Å²) in [5.74, 6) is 0. The normalized spacial score (nSPS) is 29.2. The second-order valence-electron chi connectivity index (χ2n) is 6.99. The average Bonchev–Trinajstić information content (AvgIpc) is 2.45. The standard InChI is InChI=1S/C13H24N2O/c1-12(2)7-10(8-13(3,4)9-12)15-6-5-14-11(15)16/h10H,5-9H2,1-4H3,(H,14,16). The molecule has 0 aromatic rings. The van der Waals surface area contributed by atoms with Crippen LogP contribution < -0.4 is 5.32 Å². The van der Waals surface area contributed by atoms with Gasteiger partial charge in [-0.3, -0.25) is 0 Å². The van der Waals surface area contributed by atoms with E-state index in [4.69, 9.17) is 0 Å². The molecule has 1 aliphatic carbocycles. The van der Waals surface area contributed by atoms with E-state index in [0.717, 1.165) is 25.9 Å². The van der Waals surface area contributed by atoms with Gasteiger partial charge in [-0.2, -0.15) is 0 Å². The van der Waals surface area contributed by atoms with Crippen LogP contribution in [-0.4, -0.2) is 30.1 Å². The maximum absolute atomic E-state index is 11.7. The van der Waals surface area contributed by atoms with Gasteiger partial charge >= 0.3 is 6.03 Å². The van der Waals surface area contributed by atoms with E-state index in [-0.39, 0.29) is 6.03 Å². The van der Waals surface area contributed by atoms with Gasteiger partial charge < -0.3 is 10.2 Å². The molecule has 0 atom stereocenters. The van der Waals surface area contributed by atoms with E-state index >= 15 is 0 Å². The first-order valence-corrected chi connectivity index (χ1v) is 6.34. The molecule has 3 nitrogen and oxygen atoms in total. The monoisotopic (exact) mass is 224 g/mol. The molecule has 0 aromatic carbocycles. The molecular weight excluding hydrogens is 200 g/mol. The number of carbonyl (C=O) groups excluding carboxylic acids is 1. The van der Waals surface area contributed by atoms with Crippen LogP contribution in [0.1, 0.15) is 47.0 Å². The summed E-state index contributed by atoms with van der Waals surface area (Å²) in [4.78, 5) is 13.8. The number of hydrogen-bond acceptors (Lipinski definition) is 1. The van der Waals surface area contributed by atoms with E-state index in [9.17, 15) is 4.79 Å². The molecule has 1 heterocycles. The Morgan fingerprint density at radius 1 is 1.19 bits per heavy atom. The quantitative estimate of drug-likeness (QED) is 0.729. The maximum Gasteiger partial charge on any atom is 0.317 e. The Morgan fingerprint density at radius 3 is 2.19 bits per heavy atom. The molecule has 1 aliphatic heterocycles. The van der Waals surface area contributed by atoms with Crippen molar-refractivity contribution in [2.24, 2.45) is 10.8 Å². The van der Waals surface area contributed by atoms with Crippen LogP contribution in [-0.2, 0) is 0 Å². The smallest absolute Gasteiger partial charge is 0.317 e. The number of carbonyl (C=O) groups is 1. The summed E-state index contributed by atoms with van der Waals surface area (Å²) < 4.78 is 0. The first-order valence-electron chi connectivity index (χ1n) is 6.34. The Kier molecular flexibility index (Phi) is 2.67. The van der Waals surface area contributed by atoms with Gasteiger partial charge in [-0.15, -0.1) is 0 Å². The van der Waals surface area contributed by atoms with Crippen LogP contribution in [0.5, 0.6) is 0 Å². The van der Waals surface area contributed by atoms with E-state index in [1.807, 2.05) is 4.90 Å². The van der Waals surface area contributed by atoms with Crippen molar-refractivity contribution in [3.63, 3.8) is 0 Å². The highest BCUT2D eigenvalue weighted by molar-refractivity contribution is 5.76. The van der Waals surface area contributed by atoms with Gasteiger partial charge in [-0.25, -0.2) is 4.79 Å². The van der Waals surface area contributed by atoms with E-state index in [1.54, 1.807) is 0 Å². The Balaban J connectivity index is 2.13. The number of rotatable bonds is 1. The lowest BCUT2D eigenvalue weighted by atomic mass is 9.63. The van der Waals surface area contributed by atoms with Gasteiger partial charge in [0.15, 0.2) is 0 Å². The third kappa shape index (κ3) is 2.33. The highest BCUT2D eigenvalue weighted by Gasteiger charge is 2.42. The minimum atomic E-state index is 0.137. The van der Waals surface area contributed by atoms with Crippen LogP contribution in [0.2, 0.25) is 0 Å². The SMILES string of the molecule is CC1(C)CC(N2CCNC2=O)CC(C)(C)C1. The lowest BCUT2D eigenvalue weighted by Gasteiger charge is -2.47. The zero-order valence-corrected chi connectivity index (χ0v) is 11.0. The highest BCUT2D eigenvalue weighted by atomic mass is 16.2. The van der Waals surface area contributed by atoms with Crippen LogP contribution in [0.4, 0.5) is 4.79 Å². The van der Waals surface area contributed by atoms with E-state index in [0.29, 0.717) is 16.9 Å². The molecule has 0 spiro atoms. The van der Waals surface area contributed by atoms with Crippen molar-refractivity contribution in [2.75, 3.05) is 13.1 Å². The summed E-state index contributed by atoms with van der Waals surface area (Å²) in [5, 5.41) is 2.91. The second kappa shape index (κ2) is 3.64. The Labute approximate surface area is 98.6 Å². The summed E-state index contributed by atoms with van der Waals surface area (Å²) in [6.45, 7) is 11.0. The number of hydrogen-bond donors (Lipinski definition) is 1. The van der Waals surface area contributed by atoms with Gasteiger partial charge in [0, 0.05) is 19.1 Å². The maximum atomic E-state index is 11.7. The first-order chi connectivity index (χ1) is 7.29. The second-order valence-corrected chi connectivity index (χ2v) is 6.99. The van der Waals surface area contributed by atoms with Crippen molar-refractivity contribution >= 4 is 6.03 Å². The van der Waals surface area contributed by atoms with Gasteiger partial charge in [0.25, 0.3) is 0 Å². The molecular formula is C13H24N2O. The molecule has 0 unspecified atom stereocenters. The Hall–Kier alpha value is -0.730. The molecule has 0 bridgehead atoms. The lowest BCUT2D eigenvalue weighted by Crippen LogP contribution is -2.47. The highest BCUT2D eigenvalue weighted by Crippen LogP contribution is 2.47. The largest absolute Gasteiger partial charge is 0.336 e. The Bertz CT molecular complexity index is 280. The summed E-state index contributed by atoms with van der Waals surface area (Å²) in [6, 6.07) is 0.569. The zero-order valence-electron chi connectivity index (χ0n) is 11.0. The molecule has 2 fully saturated rings. The fraction of sp³-hybridized carbons (Fsp3) is 0.923. The summed E-state index contributed by atoms with van der Waals surface area (Å²) >= 11 is 0. The molecule has 3 heteroatoms. The van der Waals surface area contributed by atoms with E-state index in [2.05, 4.69) is 33.0 Å². The molecule has 2 aliphatic rings. The van der Waals surface area contributed by atoms with Crippen molar-refractivity contribution in [3.8, 4) is 0 Å². The van der Waals surface area contributed by atoms with Crippen molar-refractivity contribution in [2.45, 2.75) is 53.0 Å². The average molecular weight is 224 g/mol. The van der Waals surface area contributed by atoms with Crippen LogP contribution in [0.25, 0.3) is 0 Å². The fourth-order valence-corrected chi connectivity index (χ4v) is 3.84. The molecule has 16 heavy (non-hydrogen) atoms. The van der Waals surface area contributed by atoms with Crippen LogP contribution >= 0.6 is 0 Å². The number of amides is 2. The minimum Gasteiger partial charge on any atom is -0.336 e. The zero-order chi connectivity index (χ0) is 12.0. The van der Waals surface area contributed by atoms with Gasteiger partial charge in [0.1, 0.15) is 0 Å². The fourth-order valence-electron chi connectivity index (χ4n) is 3.84. The number of nitrogens with one attached hydrogen (secondary N) is 1. The van der Waals surface area contributed by atoms with Crippen molar-refractivity contribution in [1.29, 1.82) is 0 Å². The molecule has 1 N–H and O–H groups in total. The van der Waals surface area contributed by atoms with E-state index in [1.165, 1.54) is 6.42 Å². The summed E-state index contributed by atoms with van der Waals surface area (Å²) in [5.41, 5.74) is 0.713. The van der Waals surface area contributed by atoms with Crippen molar-refractivity contribution in [3.05, 3.63) is 0 Å². The van der Waals surface area contributed by atoms with Crippen LogP contribution in [0.15, 0.2) is 0 Å². The van der Waals surface area contributed by atoms with Crippen LogP contribution in [0, 0.1) is 10.8 Å². The molecule has 2 rings (SSSR count). The molecule has 2 amide bonds. The molecule has 1 saturated carbocycles. The molecule has 0 aromatic heterocycles. The van der Waals surface area contributed by atoms with Gasteiger partial charge in [-0.1, -0.05) is 27.7 Å². The van der Waals surface area contributed by atoms with Gasteiger partial charge in [-0.05, 0) is 30.1 Å². The van der Waals surface area contributed by atoms with Gasteiger partial charge in [0.05, 0.1) is 0 Å². The molecule has 92 valence electrons. The predicted molar refractivity (Wildman–Crippen MR) is 65.3 cm³/mol. The first kappa shape index (κ1) is 11.7. The topological polar surface area (TPSA) is 32.3 Å². The predicted octanol–water partition coefficient (Wildman–Crippen LogP) is 2.62. The summed E-state index contributed by atoms with van der Waals surface area (Å²) in [7, 11) is 0. The summed E-state index contributed by atoms with van der Waals surface area (Å²) in [6.07, 6.45) is 3.54. The van der Waals surface area contributed by atoms with Crippen LogP contribution in [0.3, 0.4) is 0 Å². The lowest BCUT2D eigenvalue weighted by molar-refractivity contribution is 0.0472. The third-order valence-corrected chi connectivity index (χ3v) is 3.86. The minimum absolute atomic E-state index is 0.137. The number of nitrogens with zero attached hydrogens (tertiary/aromatic N) is 1. The Morgan fingerprint density at radius 2 is 1.75 bits per heavy atom.